The highest BCUT2D eigenvalue weighted by atomic mass is 32.2. The van der Waals surface area contributed by atoms with Crippen molar-refractivity contribution in [2.75, 3.05) is 5.75 Å². The van der Waals surface area contributed by atoms with Crippen molar-refractivity contribution < 1.29 is 22.9 Å². The van der Waals surface area contributed by atoms with Crippen LogP contribution in [0.25, 0.3) is 0 Å². The maximum atomic E-state index is 12.4. The summed E-state index contributed by atoms with van der Waals surface area (Å²) in [7, 11) is -4.35. The zero-order valence-electron chi connectivity index (χ0n) is 29.7. The Morgan fingerprint density at radius 3 is 1.52 bits per heavy atom. The van der Waals surface area contributed by atoms with Crippen molar-refractivity contribution in [1.82, 2.24) is 5.32 Å². The van der Waals surface area contributed by atoms with E-state index >= 15 is 0 Å². The van der Waals surface area contributed by atoms with E-state index in [0.29, 0.717) is 6.42 Å². The maximum absolute atomic E-state index is 12.4. The van der Waals surface area contributed by atoms with Crippen LogP contribution in [0.3, 0.4) is 0 Å². The topological polar surface area (TPSA) is 104 Å². The number of hydrogen-bond acceptors (Lipinski definition) is 4. The average molecular weight is 666 g/mol. The van der Waals surface area contributed by atoms with Gasteiger partial charge in [0.25, 0.3) is 10.1 Å². The Balaban J connectivity index is 3.92. The highest BCUT2D eigenvalue weighted by molar-refractivity contribution is 7.85. The third kappa shape index (κ3) is 33.7. The van der Waals surface area contributed by atoms with E-state index in [1.54, 1.807) is 6.08 Å². The SMILES string of the molecule is CCCCCC/C=C/CC/C=C/C(O)C(CS(=O)(=O)O)NC(=O)CCCCCCCCCCC/C=C\C/C=C\CCCCCCC. The molecule has 0 spiro atoms. The van der Waals surface area contributed by atoms with Crippen LogP contribution in [0.5, 0.6) is 0 Å². The number of nitrogens with one attached hydrogen (secondary N) is 1. The van der Waals surface area contributed by atoms with E-state index in [-0.39, 0.29) is 12.3 Å². The average Bonchev–Trinajstić information content (AvgIpc) is 3.01. The van der Waals surface area contributed by atoms with E-state index in [1.807, 2.05) is 0 Å². The molecule has 0 heterocycles. The lowest BCUT2D eigenvalue weighted by atomic mass is 10.1. The van der Waals surface area contributed by atoms with Crippen LogP contribution in [0.1, 0.15) is 174 Å². The number of carbonyl (C=O) groups is 1. The highest BCUT2D eigenvalue weighted by Gasteiger charge is 2.24. The van der Waals surface area contributed by atoms with Crippen molar-refractivity contribution in [3.8, 4) is 0 Å². The van der Waals surface area contributed by atoms with Gasteiger partial charge in [-0.25, -0.2) is 0 Å². The van der Waals surface area contributed by atoms with Crippen molar-refractivity contribution in [2.24, 2.45) is 0 Å². The van der Waals surface area contributed by atoms with Crippen LogP contribution in [-0.2, 0) is 14.9 Å². The lowest BCUT2D eigenvalue weighted by Gasteiger charge is -2.21. The summed E-state index contributed by atoms with van der Waals surface area (Å²) >= 11 is 0. The van der Waals surface area contributed by atoms with Crippen LogP contribution in [0, 0.1) is 0 Å². The summed E-state index contributed by atoms with van der Waals surface area (Å²) < 4.78 is 32.3. The van der Waals surface area contributed by atoms with Crippen molar-refractivity contribution in [1.29, 1.82) is 0 Å². The zero-order chi connectivity index (χ0) is 34.0. The summed E-state index contributed by atoms with van der Waals surface area (Å²) in [4.78, 5) is 12.4. The van der Waals surface area contributed by atoms with Gasteiger partial charge in [-0.2, -0.15) is 8.42 Å². The molecule has 268 valence electrons. The molecule has 0 aliphatic heterocycles. The molecule has 0 saturated carbocycles. The second-order valence-electron chi connectivity index (χ2n) is 12.8. The summed E-state index contributed by atoms with van der Waals surface area (Å²) in [5.41, 5.74) is 0. The molecular weight excluding hydrogens is 594 g/mol. The van der Waals surface area contributed by atoms with Crippen LogP contribution in [0.4, 0.5) is 0 Å². The Hall–Kier alpha value is -1.70. The summed E-state index contributed by atoms with van der Waals surface area (Å²) in [6.07, 6.45) is 43.9. The zero-order valence-corrected chi connectivity index (χ0v) is 30.5. The first-order valence-corrected chi connectivity index (χ1v) is 20.4. The van der Waals surface area contributed by atoms with Crippen LogP contribution < -0.4 is 5.32 Å². The Bertz CT molecular complexity index is 909. The summed E-state index contributed by atoms with van der Waals surface area (Å²) in [5, 5.41) is 13.1. The van der Waals surface area contributed by atoms with Gasteiger partial charge in [0.1, 0.15) is 0 Å². The second kappa shape index (κ2) is 33.2. The van der Waals surface area contributed by atoms with Crippen LogP contribution in [0.15, 0.2) is 48.6 Å². The first-order valence-electron chi connectivity index (χ1n) is 18.8. The first-order chi connectivity index (χ1) is 22.3. The van der Waals surface area contributed by atoms with E-state index < -0.39 is 28.0 Å². The molecule has 0 bridgehead atoms. The van der Waals surface area contributed by atoms with Crippen molar-refractivity contribution >= 4 is 16.0 Å². The largest absolute Gasteiger partial charge is 0.387 e. The predicted molar refractivity (Wildman–Crippen MR) is 198 cm³/mol. The van der Waals surface area contributed by atoms with Crippen molar-refractivity contribution in [3.63, 3.8) is 0 Å². The monoisotopic (exact) mass is 666 g/mol. The fourth-order valence-corrected chi connectivity index (χ4v) is 6.11. The van der Waals surface area contributed by atoms with E-state index in [4.69, 9.17) is 0 Å². The molecule has 0 aliphatic rings. The fraction of sp³-hybridized carbons (Fsp3) is 0.769. The number of aliphatic hydroxyl groups excluding tert-OH is 1. The molecule has 7 heteroatoms. The van der Waals surface area contributed by atoms with Gasteiger partial charge in [0.05, 0.1) is 17.9 Å². The smallest absolute Gasteiger partial charge is 0.267 e. The van der Waals surface area contributed by atoms with Crippen LogP contribution in [0.2, 0.25) is 0 Å². The number of allylic oxidation sites excluding steroid dienone is 7. The van der Waals surface area contributed by atoms with Gasteiger partial charge in [-0.3, -0.25) is 9.35 Å². The number of hydrogen-bond donors (Lipinski definition) is 3. The molecule has 3 N–H and O–H groups in total. The third-order valence-corrected chi connectivity index (χ3v) is 9.01. The van der Waals surface area contributed by atoms with Gasteiger partial charge in [0, 0.05) is 6.42 Å². The molecule has 0 aliphatic carbocycles. The normalized spacial score (nSPS) is 13.9. The summed E-state index contributed by atoms with van der Waals surface area (Å²) in [6.45, 7) is 4.46. The molecule has 0 saturated heterocycles. The minimum atomic E-state index is -4.35. The molecule has 1 amide bonds. The fourth-order valence-electron chi connectivity index (χ4n) is 5.38. The van der Waals surface area contributed by atoms with Gasteiger partial charge < -0.3 is 10.4 Å². The lowest BCUT2D eigenvalue weighted by molar-refractivity contribution is -0.122. The van der Waals surface area contributed by atoms with Crippen LogP contribution in [-0.4, -0.2) is 41.9 Å². The van der Waals surface area contributed by atoms with E-state index in [0.717, 1.165) is 44.9 Å². The second-order valence-corrected chi connectivity index (χ2v) is 14.3. The van der Waals surface area contributed by atoms with E-state index in [9.17, 15) is 22.9 Å². The molecule has 0 aromatic rings. The Kier molecular flexibility index (Phi) is 32.0. The number of amides is 1. The summed E-state index contributed by atoms with van der Waals surface area (Å²) in [6, 6.07) is -1.07. The van der Waals surface area contributed by atoms with Gasteiger partial charge in [0.2, 0.25) is 5.91 Å². The number of aliphatic hydroxyl groups is 1. The molecule has 2 atom stereocenters. The molecule has 2 unspecified atom stereocenters. The van der Waals surface area contributed by atoms with Crippen LogP contribution >= 0.6 is 0 Å². The maximum Gasteiger partial charge on any atom is 0.267 e. The molecule has 0 aromatic heterocycles. The standard InChI is InChI=1S/C39H71NO5S/c1-3-5-7-9-11-13-15-16-17-18-19-20-21-22-23-24-25-27-29-31-33-35-39(42)40-37(36-46(43,44)45)38(41)34-32-30-28-26-14-12-10-8-6-4-2/h14-16,18-19,26,32,34,37-38,41H,3-13,17,20-25,27-31,33,35-36H2,1-2H3,(H,40,42)(H,43,44,45)/b16-15-,19-18-,26-14+,34-32+. The lowest BCUT2D eigenvalue weighted by Crippen LogP contribution is -2.46. The molecule has 0 fully saturated rings. The molecule has 46 heavy (non-hydrogen) atoms. The van der Waals surface area contributed by atoms with Gasteiger partial charge in [-0.1, -0.05) is 152 Å². The quantitative estimate of drug-likeness (QED) is 0.0368. The summed E-state index contributed by atoms with van der Waals surface area (Å²) in [5.74, 6) is -1.01. The predicted octanol–water partition coefficient (Wildman–Crippen LogP) is 10.7. The molecule has 0 radical (unpaired) electrons. The molecule has 0 aromatic carbocycles. The number of carbonyl (C=O) groups excluding carboxylic acids is 1. The Morgan fingerprint density at radius 2 is 1.00 bits per heavy atom. The first kappa shape index (κ1) is 44.3. The Labute approximate surface area is 284 Å². The minimum absolute atomic E-state index is 0.282. The van der Waals surface area contributed by atoms with E-state index in [1.165, 1.54) is 109 Å². The molecular formula is C39H71NO5S. The Morgan fingerprint density at radius 1 is 0.587 bits per heavy atom. The van der Waals surface area contributed by atoms with Gasteiger partial charge >= 0.3 is 0 Å². The highest BCUT2D eigenvalue weighted by Crippen LogP contribution is 2.13. The number of rotatable bonds is 33. The van der Waals surface area contributed by atoms with Crippen molar-refractivity contribution in [3.05, 3.63) is 48.6 Å². The molecule has 6 nitrogen and oxygen atoms in total. The van der Waals surface area contributed by atoms with Gasteiger partial charge in [-0.05, 0) is 64.2 Å². The van der Waals surface area contributed by atoms with Crippen molar-refractivity contribution in [2.45, 2.75) is 187 Å². The van der Waals surface area contributed by atoms with E-state index in [2.05, 4.69) is 55.6 Å². The number of unbranched alkanes of at least 4 members (excludes halogenated alkanes) is 19. The third-order valence-electron chi connectivity index (χ3n) is 8.23. The van der Waals surface area contributed by atoms with Gasteiger partial charge in [0.15, 0.2) is 0 Å². The molecule has 0 rings (SSSR count). The minimum Gasteiger partial charge on any atom is -0.387 e. The van der Waals surface area contributed by atoms with Gasteiger partial charge in [-0.15, -0.1) is 0 Å².